The first kappa shape index (κ1) is 9.82. The number of hydrogen-bond donors (Lipinski definition) is 1. The molecular formula is C7H15NOS. The van der Waals surface area contributed by atoms with E-state index in [9.17, 15) is 4.79 Å². The Balaban J connectivity index is 0.000000371. The van der Waals surface area contributed by atoms with Gasteiger partial charge in [0.25, 0.3) is 0 Å². The van der Waals surface area contributed by atoms with E-state index in [0.29, 0.717) is 6.04 Å². The van der Waals surface area contributed by atoms with E-state index < -0.39 is 0 Å². The van der Waals surface area contributed by atoms with Gasteiger partial charge in [0.15, 0.2) is 0 Å². The summed E-state index contributed by atoms with van der Waals surface area (Å²) in [6.45, 7) is 5.56. The first-order valence-electron chi connectivity index (χ1n) is 3.64. The van der Waals surface area contributed by atoms with E-state index in [-0.39, 0.29) is 5.91 Å². The molecule has 1 fully saturated rings. The van der Waals surface area contributed by atoms with Gasteiger partial charge in [-0.1, -0.05) is 13.8 Å². The molecule has 1 heterocycles. The SMILES string of the molecule is CC.CC(=O)NC1CSC1. The summed E-state index contributed by atoms with van der Waals surface area (Å²) in [4.78, 5) is 10.3. The molecule has 1 aliphatic rings. The van der Waals surface area contributed by atoms with Gasteiger partial charge < -0.3 is 5.32 Å². The van der Waals surface area contributed by atoms with Crippen molar-refractivity contribution in [2.45, 2.75) is 26.8 Å². The molecule has 0 bridgehead atoms. The molecule has 0 aliphatic carbocycles. The highest BCUT2D eigenvalue weighted by atomic mass is 32.2. The van der Waals surface area contributed by atoms with Crippen molar-refractivity contribution in [1.29, 1.82) is 0 Å². The van der Waals surface area contributed by atoms with Crippen molar-refractivity contribution in [1.82, 2.24) is 5.32 Å². The van der Waals surface area contributed by atoms with Crippen LogP contribution >= 0.6 is 11.8 Å². The standard InChI is InChI=1S/C5H9NOS.C2H6/c1-4(7)6-5-2-8-3-5;1-2/h5H,2-3H2,1H3,(H,6,7);1-2H3. The molecule has 0 atom stereocenters. The molecule has 1 N–H and O–H groups in total. The largest absolute Gasteiger partial charge is 0.352 e. The highest BCUT2D eigenvalue weighted by Crippen LogP contribution is 2.16. The van der Waals surface area contributed by atoms with E-state index in [4.69, 9.17) is 0 Å². The molecule has 0 aromatic rings. The molecule has 0 unspecified atom stereocenters. The molecule has 1 saturated heterocycles. The number of carbonyl (C=O) groups excluding carboxylic acids is 1. The van der Waals surface area contributed by atoms with Crippen LogP contribution in [0.25, 0.3) is 0 Å². The summed E-state index contributed by atoms with van der Waals surface area (Å²) in [5.74, 6) is 2.29. The summed E-state index contributed by atoms with van der Waals surface area (Å²) in [6.07, 6.45) is 0. The Morgan fingerprint density at radius 3 is 2.10 bits per heavy atom. The van der Waals surface area contributed by atoms with Crippen LogP contribution in [0.3, 0.4) is 0 Å². The van der Waals surface area contributed by atoms with Crippen molar-refractivity contribution < 1.29 is 4.79 Å². The van der Waals surface area contributed by atoms with Gasteiger partial charge in [0.2, 0.25) is 5.91 Å². The summed E-state index contributed by atoms with van der Waals surface area (Å²) in [6, 6.07) is 0.470. The second-order valence-corrected chi connectivity index (χ2v) is 3.01. The fourth-order valence-electron chi connectivity index (χ4n) is 0.606. The quantitative estimate of drug-likeness (QED) is 0.627. The third-order valence-corrected chi connectivity index (χ3v) is 2.32. The van der Waals surface area contributed by atoms with Gasteiger partial charge in [0.1, 0.15) is 0 Å². The first-order chi connectivity index (χ1) is 4.79. The van der Waals surface area contributed by atoms with Crippen molar-refractivity contribution in [3.63, 3.8) is 0 Å². The van der Waals surface area contributed by atoms with E-state index in [1.54, 1.807) is 6.92 Å². The van der Waals surface area contributed by atoms with Gasteiger partial charge in [-0.25, -0.2) is 0 Å². The van der Waals surface area contributed by atoms with Crippen molar-refractivity contribution in [3.8, 4) is 0 Å². The van der Waals surface area contributed by atoms with Crippen LogP contribution in [0.1, 0.15) is 20.8 Å². The minimum atomic E-state index is 0.0929. The number of hydrogen-bond acceptors (Lipinski definition) is 2. The lowest BCUT2D eigenvalue weighted by Gasteiger charge is -2.24. The summed E-state index contributed by atoms with van der Waals surface area (Å²) in [7, 11) is 0. The van der Waals surface area contributed by atoms with Crippen molar-refractivity contribution in [2.75, 3.05) is 11.5 Å². The predicted molar refractivity (Wildman–Crippen MR) is 46.3 cm³/mol. The van der Waals surface area contributed by atoms with E-state index >= 15 is 0 Å². The molecule has 0 radical (unpaired) electrons. The van der Waals surface area contributed by atoms with Crippen LogP contribution in [0.2, 0.25) is 0 Å². The maximum Gasteiger partial charge on any atom is 0.217 e. The lowest BCUT2D eigenvalue weighted by atomic mass is 10.4. The van der Waals surface area contributed by atoms with Gasteiger partial charge >= 0.3 is 0 Å². The average Bonchev–Trinajstić information content (AvgIpc) is 1.84. The van der Waals surface area contributed by atoms with Gasteiger partial charge in [0.05, 0.1) is 0 Å². The average molecular weight is 161 g/mol. The molecular weight excluding hydrogens is 146 g/mol. The van der Waals surface area contributed by atoms with Gasteiger partial charge in [0, 0.05) is 24.5 Å². The minimum absolute atomic E-state index is 0.0929. The molecule has 0 aromatic heterocycles. The normalized spacial score (nSPS) is 16.3. The van der Waals surface area contributed by atoms with Crippen LogP contribution in [0, 0.1) is 0 Å². The molecule has 3 heteroatoms. The minimum Gasteiger partial charge on any atom is -0.352 e. The van der Waals surface area contributed by atoms with Gasteiger partial charge in [-0.05, 0) is 0 Å². The van der Waals surface area contributed by atoms with Crippen LogP contribution in [-0.4, -0.2) is 23.5 Å². The Hall–Kier alpha value is -0.180. The van der Waals surface area contributed by atoms with E-state index in [2.05, 4.69) is 5.32 Å². The van der Waals surface area contributed by atoms with E-state index in [0.717, 1.165) is 11.5 Å². The molecule has 1 aliphatic heterocycles. The fraction of sp³-hybridized carbons (Fsp3) is 0.857. The smallest absolute Gasteiger partial charge is 0.217 e. The van der Waals surface area contributed by atoms with Crippen LogP contribution in [0.4, 0.5) is 0 Å². The molecule has 1 rings (SSSR count). The lowest BCUT2D eigenvalue weighted by molar-refractivity contribution is -0.119. The van der Waals surface area contributed by atoms with E-state index in [1.165, 1.54) is 0 Å². The van der Waals surface area contributed by atoms with Crippen molar-refractivity contribution >= 4 is 17.7 Å². The zero-order valence-corrected chi connectivity index (χ0v) is 7.62. The van der Waals surface area contributed by atoms with Crippen LogP contribution < -0.4 is 5.32 Å². The van der Waals surface area contributed by atoms with Crippen LogP contribution in [-0.2, 0) is 4.79 Å². The number of thioether (sulfide) groups is 1. The Labute approximate surface area is 66.8 Å². The molecule has 1 amide bonds. The topological polar surface area (TPSA) is 29.1 Å². The van der Waals surface area contributed by atoms with Crippen molar-refractivity contribution in [3.05, 3.63) is 0 Å². The monoisotopic (exact) mass is 161 g/mol. The third-order valence-electron chi connectivity index (χ3n) is 1.05. The molecule has 2 nitrogen and oxygen atoms in total. The summed E-state index contributed by atoms with van der Waals surface area (Å²) >= 11 is 1.87. The first-order valence-corrected chi connectivity index (χ1v) is 4.79. The zero-order chi connectivity index (χ0) is 7.98. The summed E-state index contributed by atoms with van der Waals surface area (Å²) in [5.41, 5.74) is 0. The predicted octanol–water partition coefficient (Wildman–Crippen LogP) is 1.26. The third kappa shape index (κ3) is 3.77. The van der Waals surface area contributed by atoms with Crippen molar-refractivity contribution in [2.24, 2.45) is 0 Å². The second-order valence-electron chi connectivity index (χ2n) is 1.93. The Kier molecular flexibility index (Phi) is 5.49. The molecule has 0 saturated carbocycles. The van der Waals surface area contributed by atoms with Gasteiger partial charge in [-0.2, -0.15) is 11.8 Å². The van der Waals surface area contributed by atoms with E-state index in [1.807, 2.05) is 25.6 Å². The van der Waals surface area contributed by atoms with Gasteiger partial charge in [-0.15, -0.1) is 0 Å². The lowest BCUT2D eigenvalue weighted by Crippen LogP contribution is -2.42. The number of carbonyl (C=O) groups is 1. The zero-order valence-electron chi connectivity index (χ0n) is 6.81. The summed E-state index contributed by atoms with van der Waals surface area (Å²) < 4.78 is 0. The molecule has 0 spiro atoms. The summed E-state index contributed by atoms with van der Waals surface area (Å²) in [5, 5.41) is 2.82. The second kappa shape index (κ2) is 5.59. The molecule has 0 aromatic carbocycles. The van der Waals surface area contributed by atoms with Crippen LogP contribution in [0.15, 0.2) is 0 Å². The number of amides is 1. The fourth-order valence-corrected chi connectivity index (χ4v) is 1.24. The maximum atomic E-state index is 10.3. The molecule has 60 valence electrons. The maximum absolute atomic E-state index is 10.3. The Morgan fingerprint density at radius 2 is 2.00 bits per heavy atom. The number of nitrogens with one attached hydrogen (secondary N) is 1. The number of rotatable bonds is 1. The van der Waals surface area contributed by atoms with Gasteiger partial charge in [-0.3, -0.25) is 4.79 Å². The highest BCUT2D eigenvalue weighted by molar-refractivity contribution is 8.00. The van der Waals surface area contributed by atoms with Crippen LogP contribution in [0.5, 0.6) is 0 Å². The Morgan fingerprint density at radius 1 is 1.50 bits per heavy atom. The Bertz CT molecular complexity index is 102. The highest BCUT2D eigenvalue weighted by Gasteiger charge is 2.17. The molecule has 10 heavy (non-hydrogen) atoms.